The molecule has 0 unspecified atom stereocenters. The summed E-state index contributed by atoms with van der Waals surface area (Å²) in [7, 11) is 0. The Bertz CT molecular complexity index is 1360. The Labute approximate surface area is 212 Å². The summed E-state index contributed by atoms with van der Waals surface area (Å²) in [6.07, 6.45) is 3.27. The number of ether oxygens (including phenoxy) is 1. The lowest BCUT2D eigenvalue weighted by Gasteiger charge is -2.10. The lowest BCUT2D eigenvalue weighted by atomic mass is 10.0. The number of amides is 2. The Morgan fingerprint density at radius 1 is 1.03 bits per heavy atom. The van der Waals surface area contributed by atoms with Crippen LogP contribution in [0.1, 0.15) is 24.0 Å². The van der Waals surface area contributed by atoms with Gasteiger partial charge in [-0.2, -0.15) is 0 Å². The van der Waals surface area contributed by atoms with Crippen molar-refractivity contribution in [2.24, 2.45) is 0 Å². The molecule has 180 valence electrons. The van der Waals surface area contributed by atoms with Crippen molar-refractivity contribution in [3.05, 3.63) is 82.0 Å². The molecule has 3 N–H and O–H groups in total. The van der Waals surface area contributed by atoms with Crippen molar-refractivity contribution in [2.45, 2.75) is 26.2 Å². The van der Waals surface area contributed by atoms with E-state index in [1.54, 1.807) is 18.3 Å². The van der Waals surface area contributed by atoms with Gasteiger partial charge in [0.25, 0.3) is 5.91 Å². The zero-order valence-corrected chi connectivity index (χ0v) is 20.5. The minimum Gasteiger partial charge on any atom is -0.482 e. The number of rotatable bonds is 8. The molecule has 2 aromatic heterocycles. The van der Waals surface area contributed by atoms with E-state index in [4.69, 9.17) is 27.9 Å². The quantitative estimate of drug-likeness (QED) is 0.276. The molecule has 0 aliphatic carbocycles. The van der Waals surface area contributed by atoms with Crippen LogP contribution in [0.4, 0.5) is 0 Å². The molecule has 0 fully saturated rings. The number of carbonyl (C=O) groups is 2. The van der Waals surface area contributed by atoms with Crippen LogP contribution in [0.25, 0.3) is 22.3 Å². The molecule has 0 spiro atoms. The fourth-order valence-electron chi connectivity index (χ4n) is 3.75. The second-order valence-electron chi connectivity index (χ2n) is 8.06. The summed E-state index contributed by atoms with van der Waals surface area (Å²) >= 11 is 11.9. The van der Waals surface area contributed by atoms with Gasteiger partial charge >= 0.3 is 0 Å². The number of H-pyrrole nitrogens is 1. The van der Waals surface area contributed by atoms with Crippen LogP contribution < -0.4 is 15.6 Å². The van der Waals surface area contributed by atoms with Crippen LogP contribution in [0.5, 0.6) is 5.75 Å². The van der Waals surface area contributed by atoms with Crippen LogP contribution in [0.3, 0.4) is 0 Å². The van der Waals surface area contributed by atoms with Gasteiger partial charge in [0.1, 0.15) is 5.75 Å². The monoisotopic (exact) mass is 510 g/mol. The summed E-state index contributed by atoms with van der Waals surface area (Å²) in [6.45, 7) is 1.75. The SMILES string of the molecule is Cc1ccc2[nH]c(-c3ccccn3)c(CCCC(=O)NNC(=O)COc3ccc(Cl)cc3Cl)c2c1. The highest BCUT2D eigenvalue weighted by Crippen LogP contribution is 2.31. The minimum atomic E-state index is -0.506. The second-order valence-corrected chi connectivity index (χ2v) is 8.90. The predicted molar refractivity (Wildman–Crippen MR) is 137 cm³/mol. The molecule has 35 heavy (non-hydrogen) atoms. The molecule has 0 bridgehead atoms. The van der Waals surface area contributed by atoms with E-state index >= 15 is 0 Å². The highest BCUT2D eigenvalue weighted by Gasteiger charge is 2.15. The van der Waals surface area contributed by atoms with Gasteiger partial charge in [-0.1, -0.05) is 40.9 Å². The fourth-order valence-corrected chi connectivity index (χ4v) is 4.21. The van der Waals surface area contributed by atoms with Gasteiger partial charge in [-0.25, -0.2) is 0 Å². The third kappa shape index (κ3) is 6.32. The molecule has 0 saturated heterocycles. The highest BCUT2D eigenvalue weighted by atomic mass is 35.5. The first-order valence-electron chi connectivity index (χ1n) is 11.1. The minimum absolute atomic E-state index is 0.240. The summed E-state index contributed by atoms with van der Waals surface area (Å²) in [5, 5.41) is 1.89. The first-order chi connectivity index (χ1) is 16.9. The van der Waals surface area contributed by atoms with Crippen molar-refractivity contribution < 1.29 is 14.3 Å². The van der Waals surface area contributed by atoms with E-state index in [-0.39, 0.29) is 18.9 Å². The van der Waals surface area contributed by atoms with Gasteiger partial charge < -0.3 is 9.72 Å². The molecule has 0 aliphatic rings. The predicted octanol–water partition coefficient (Wildman–Crippen LogP) is 5.39. The molecule has 9 heteroatoms. The summed E-state index contributed by atoms with van der Waals surface area (Å²) in [6, 6.07) is 16.7. The summed E-state index contributed by atoms with van der Waals surface area (Å²) in [5.74, 6) is -0.470. The number of benzene rings is 2. The van der Waals surface area contributed by atoms with Gasteiger partial charge in [0, 0.05) is 28.5 Å². The van der Waals surface area contributed by atoms with Gasteiger partial charge in [0.2, 0.25) is 5.91 Å². The standard InChI is InChI=1S/C26H24Cl2N4O3/c1-16-8-10-21-19(13-16)18(26(30-21)22-6-2-3-12-29-22)5-4-7-24(33)31-32-25(34)15-35-23-11-9-17(27)14-20(23)28/h2-3,6,8-14,30H,4-5,7,15H2,1H3,(H,31,33)(H,32,34). The Morgan fingerprint density at radius 3 is 2.63 bits per heavy atom. The van der Waals surface area contributed by atoms with E-state index in [9.17, 15) is 9.59 Å². The number of aromatic nitrogens is 2. The third-order valence-corrected chi connectivity index (χ3v) is 5.94. The van der Waals surface area contributed by atoms with Crippen LogP contribution in [0.15, 0.2) is 60.8 Å². The zero-order valence-electron chi connectivity index (χ0n) is 19.0. The number of nitrogens with zero attached hydrogens (tertiary/aromatic N) is 1. The Balaban J connectivity index is 1.31. The topological polar surface area (TPSA) is 96.1 Å². The van der Waals surface area contributed by atoms with Crippen LogP contribution >= 0.6 is 23.2 Å². The van der Waals surface area contributed by atoms with Gasteiger partial charge in [0.05, 0.1) is 16.4 Å². The molecule has 0 radical (unpaired) electrons. The maximum atomic E-state index is 12.3. The number of carbonyl (C=O) groups excluding carboxylic acids is 2. The average Bonchev–Trinajstić information content (AvgIpc) is 3.20. The molecule has 0 aliphatic heterocycles. The van der Waals surface area contributed by atoms with E-state index < -0.39 is 5.91 Å². The van der Waals surface area contributed by atoms with E-state index in [1.807, 2.05) is 18.2 Å². The largest absolute Gasteiger partial charge is 0.482 e. The lowest BCUT2D eigenvalue weighted by molar-refractivity contribution is -0.130. The van der Waals surface area contributed by atoms with Crippen molar-refractivity contribution in [3.63, 3.8) is 0 Å². The maximum absolute atomic E-state index is 12.3. The molecule has 0 atom stereocenters. The zero-order chi connectivity index (χ0) is 24.8. The van der Waals surface area contributed by atoms with Crippen LogP contribution in [0, 0.1) is 6.92 Å². The molecule has 2 aromatic carbocycles. The second kappa shape index (κ2) is 11.3. The van der Waals surface area contributed by atoms with Gasteiger partial charge in [-0.15, -0.1) is 0 Å². The number of hydrazine groups is 1. The smallest absolute Gasteiger partial charge is 0.276 e. The van der Waals surface area contributed by atoms with Crippen molar-refractivity contribution in [1.82, 2.24) is 20.8 Å². The number of aromatic amines is 1. The van der Waals surface area contributed by atoms with E-state index in [2.05, 4.69) is 45.9 Å². The van der Waals surface area contributed by atoms with Crippen LogP contribution in [-0.4, -0.2) is 28.4 Å². The van der Waals surface area contributed by atoms with E-state index in [0.717, 1.165) is 33.4 Å². The van der Waals surface area contributed by atoms with Crippen LogP contribution in [-0.2, 0) is 16.0 Å². The van der Waals surface area contributed by atoms with Crippen molar-refractivity contribution >= 4 is 45.9 Å². The van der Waals surface area contributed by atoms with Crippen molar-refractivity contribution in [3.8, 4) is 17.1 Å². The van der Waals surface area contributed by atoms with Crippen molar-refractivity contribution in [1.29, 1.82) is 0 Å². The Kier molecular flexibility index (Phi) is 7.90. The normalized spacial score (nSPS) is 10.8. The first kappa shape index (κ1) is 24.6. The number of aryl methyl sites for hydroxylation is 2. The van der Waals surface area contributed by atoms with Crippen LogP contribution in [0.2, 0.25) is 10.0 Å². The molecule has 2 heterocycles. The maximum Gasteiger partial charge on any atom is 0.276 e. The number of fused-ring (bicyclic) bond motifs is 1. The molecular formula is C26H24Cl2N4O3. The molecule has 4 aromatic rings. The summed E-state index contributed by atoms with van der Waals surface area (Å²) < 4.78 is 5.36. The number of hydrogen-bond donors (Lipinski definition) is 3. The molecule has 4 rings (SSSR count). The van der Waals surface area contributed by atoms with Gasteiger partial charge in [-0.05, 0) is 67.8 Å². The summed E-state index contributed by atoms with van der Waals surface area (Å²) in [5.41, 5.74) is 9.90. The third-order valence-electron chi connectivity index (χ3n) is 5.41. The number of hydrogen-bond acceptors (Lipinski definition) is 4. The van der Waals surface area contributed by atoms with Gasteiger partial charge in [-0.3, -0.25) is 25.4 Å². The lowest BCUT2D eigenvalue weighted by Crippen LogP contribution is -2.43. The van der Waals surface area contributed by atoms with Crippen molar-refractivity contribution in [2.75, 3.05) is 6.61 Å². The average molecular weight is 511 g/mol. The molecular weight excluding hydrogens is 487 g/mol. The molecule has 2 amide bonds. The van der Waals surface area contributed by atoms with Gasteiger partial charge in [0.15, 0.2) is 6.61 Å². The first-order valence-corrected chi connectivity index (χ1v) is 11.8. The summed E-state index contributed by atoms with van der Waals surface area (Å²) in [4.78, 5) is 32.3. The van der Waals surface area contributed by atoms with E-state index in [0.29, 0.717) is 28.6 Å². The molecule has 0 saturated carbocycles. The Morgan fingerprint density at radius 2 is 1.86 bits per heavy atom. The van der Waals surface area contributed by atoms with E-state index in [1.165, 1.54) is 6.07 Å². The number of nitrogens with one attached hydrogen (secondary N) is 3. The fraction of sp³-hybridized carbons (Fsp3) is 0.192. The Hall–Kier alpha value is -3.55. The number of halogens is 2. The molecule has 7 nitrogen and oxygen atoms in total. The highest BCUT2D eigenvalue weighted by molar-refractivity contribution is 6.35. The number of pyridine rings is 1.